The molecule has 0 heterocycles. The normalized spacial score (nSPS) is 12.2. The summed E-state index contributed by atoms with van der Waals surface area (Å²) in [6.07, 6.45) is 0. The maximum atomic E-state index is 8.68. The summed E-state index contributed by atoms with van der Waals surface area (Å²) in [6.45, 7) is 6.06. The van der Waals surface area contributed by atoms with E-state index < -0.39 is 0 Å². The molecule has 0 bridgehead atoms. The van der Waals surface area contributed by atoms with Crippen molar-refractivity contribution >= 4 is 5.71 Å². The third-order valence-electron chi connectivity index (χ3n) is 2.12. The Kier molecular flexibility index (Phi) is 3.07. The second-order valence-electron chi connectivity index (χ2n) is 3.43. The molecular weight excluding hydrogens is 162 g/mol. The van der Waals surface area contributed by atoms with E-state index in [4.69, 9.17) is 5.21 Å². The second-order valence-corrected chi connectivity index (χ2v) is 3.43. The summed E-state index contributed by atoms with van der Waals surface area (Å²) < 4.78 is 0. The Hall–Kier alpha value is -1.31. The van der Waals surface area contributed by atoms with Gasteiger partial charge < -0.3 is 5.21 Å². The molecule has 0 aromatic heterocycles. The monoisotopic (exact) mass is 177 g/mol. The van der Waals surface area contributed by atoms with Gasteiger partial charge in [-0.05, 0) is 18.4 Å². The van der Waals surface area contributed by atoms with Crippen LogP contribution in [0.5, 0.6) is 0 Å². The molecule has 70 valence electrons. The van der Waals surface area contributed by atoms with Gasteiger partial charge in [-0.3, -0.25) is 0 Å². The van der Waals surface area contributed by atoms with E-state index >= 15 is 0 Å². The van der Waals surface area contributed by atoms with Crippen LogP contribution in [-0.2, 0) is 0 Å². The standard InChI is InChI=1S/C11H15NO/c1-8(2)10-6-4-5-7-11(10)9(3)12-13/h4-8,13H,1-3H3. The second kappa shape index (κ2) is 4.08. The van der Waals surface area contributed by atoms with Gasteiger partial charge in [0.25, 0.3) is 0 Å². The third-order valence-corrected chi connectivity index (χ3v) is 2.12. The Morgan fingerprint density at radius 1 is 1.31 bits per heavy atom. The van der Waals surface area contributed by atoms with Crippen LogP contribution in [0.2, 0.25) is 0 Å². The SMILES string of the molecule is CC(=NO)c1ccccc1C(C)C. The Bertz CT molecular complexity index is 316. The first kappa shape index (κ1) is 9.78. The van der Waals surface area contributed by atoms with Gasteiger partial charge in [0, 0.05) is 5.56 Å². The first-order chi connectivity index (χ1) is 6.16. The quantitative estimate of drug-likeness (QED) is 0.420. The first-order valence-corrected chi connectivity index (χ1v) is 4.44. The van der Waals surface area contributed by atoms with E-state index in [1.54, 1.807) is 6.92 Å². The smallest absolute Gasteiger partial charge is 0.0839 e. The van der Waals surface area contributed by atoms with Crippen LogP contribution in [0, 0.1) is 0 Å². The van der Waals surface area contributed by atoms with Crippen molar-refractivity contribution in [1.82, 2.24) is 0 Å². The largest absolute Gasteiger partial charge is 0.411 e. The third kappa shape index (κ3) is 2.08. The summed E-state index contributed by atoms with van der Waals surface area (Å²) in [4.78, 5) is 0. The lowest BCUT2D eigenvalue weighted by Gasteiger charge is -2.10. The molecule has 2 heteroatoms. The molecule has 2 nitrogen and oxygen atoms in total. The van der Waals surface area contributed by atoms with Gasteiger partial charge >= 0.3 is 0 Å². The topological polar surface area (TPSA) is 32.6 Å². The number of nitrogens with zero attached hydrogens (tertiary/aromatic N) is 1. The molecule has 0 fully saturated rings. The number of rotatable bonds is 2. The van der Waals surface area contributed by atoms with Gasteiger partial charge in [0.1, 0.15) is 0 Å². The average molecular weight is 177 g/mol. The van der Waals surface area contributed by atoms with Gasteiger partial charge in [-0.2, -0.15) is 0 Å². The molecule has 0 aliphatic heterocycles. The molecule has 1 rings (SSSR count). The molecule has 0 amide bonds. The molecule has 0 aliphatic rings. The molecule has 0 atom stereocenters. The van der Waals surface area contributed by atoms with Crippen LogP contribution in [0.3, 0.4) is 0 Å². The summed E-state index contributed by atoms with van der Waals surface area (Å²) in [7, 11) is 0. The lowest BCUT2D eigenvalue weighted by molar-refractivity contribution is 0.319. The number of oxime groups is 1. The van der Waals surface area contributed by atoms with Crippen molar-refractivity contribution in [2.45, 2.75) is 26.7 Å². The van der Waals surface area contributed by atoms with Crippen LogP contribution in [0.25, 0.3) is 0 Å². The van der Waals surface area contributed by atoms with Crippen molar-refractivity contribution in [2.24, 2.45) is 5.16 Å². The molecule has 1 aromatic carbocycles. The fourth-order valence-corrected chi connectivity index (χ4v) is 1.38. The molecule has 0 spiro atoms. The maximum Gasteiger partial charge on any atom is 0.0839 e. The van der Waals surface area contributed by atoms with Crippen LogP contribution in [0.4, 0.5) is 0 Å². The number of hydrogen-bond donors (Lipinski definition) is 1. The predicted octanol–water partition coefficient (Wildman–Crippen LogP) is 3.01. The van der Waals surface area contributed by atoms with Crippen molar-refractivity contribution in [3.63, 3.8) is 0 Å². The van der Waals surface area contributed by atoms with E-state index in [0.29, 0.717) is 11.6 Å². The Balaban J connectivity index is 3.20. The van der Waals surface area contributed by atoms with Crippen LogP contribution in [0.1, 0.15) is 37.8 Å². The zero-order chi connectivity index (χ0) is 9.84. The zero-order valence-corrected chi connectivity index (χ0v) is 8.28. The van der Waals surface area contributed by atoms with Crippen molar-refractivity contribution in [2.75, 3.05) is 0 Å². The highest BCUT2D eigenvalue weighted by Crippen LogP contribution is 2.19. The van der Waals surface area contributed by atoms with E-state index in [0.717, 1.165) is 5.56 Å². The molecule has 1 N–H and O–H groups in total. The van der Waals surface area contributed by atoms with Crippen molar-refractivity contribution in [3.8, 4) is 0 Å². The minimum absolute atomic E-state index is 0.452. The van der Waals surface area contributed by atoms with E-state index in [2.05, 4.69) is 25.1 Å². The Labute approximate surface area is 78.9 Å². The summed E-state index contributed by atoms with van der Waals surface area (Å²) in [5.41, 5.74) is 2.92. The van der Waals surface area contributed by atoms with Gasteiger partial charge in [-0.15, -0.1) is 0 Å². The fourth-order valence-electron chi connectivity index (χ4n) is 1.38. The molecule has 1 aromatic rings. The van der Waals surface area contributed by atoms with Gasteiger partial charge in [0.15, 0.2) is 0 Å². The zero-order valence-electron chi connectivity index (χ0n) is 8.28. The van der Waals surface area contributed by atoms with E-state index in [9.17, 15) is 0 Å². The molecule has 0 aliphatic carbocycles. The van der Waals surface area contributed by atoms with Crippen molar-refractivity contribution < 1.29 is 5.21 Å². The van der Waals surface area contributed by atoms with E-state index in [-0.39, 0.29) is 0 Å². The van der Waals surface area contributed by atoms with Gasteiger partial charge in [-0.1, -0.05) is 43.3 Å². The fraction of sp³-hybridized carbons (Fsp3) is 0.364. The van der Waals surface area contributed by atoms with Crippen molar-refractivity contribution in [3.05, 3.63) is 35.4 Å². The Morgan fingerprint density at radius 2 is 1.92 bits per heavy atom. The van der Waals surface area contributed by atoms with Gasteiger partial charge in [-0.25, -0.2) is 0 Å². The van der Waals surface area contributed by atoms with E-state index in [1.807, 2.05) is 18.2 Å². The Morgan fingerprint density at radius 3 is 2.46 bits per heavy atom. The maximum absolute atomic E-state index is 8.68. The van der Waals surface area contributed by atoms with Crippen molar-refractivity contribution in [1.29, 1.82) is 0 Å². The first-order valence-electron chi connectivity index (χ1n) is 4.44. The van der Waals surface area contributed by atoms with Crippen LogP contribution < -0.4 is 0 Å². The molecule has 13 heavy (non-hydrogen) atoms. The molecule has 0 saturated carbocycles. The number of hydrogen-bond acceptors (Lipinski definition) is 2. The highest BCUT2D eigenvalue weighted by molar-refractivity contribution is 5.99. The van der Waals surface area contributed by atoms with E-state index in [1.165, 1.54) is 5.56 Å². The minimum atomic E-state index is 0.452. The molecule has 0 unspecified atom stereocenters. The molecule has 0 radical (unpaired) electrons. The summed E-state index contributed by atoms with van der Waals surface area (Å²) in [6, 6.07) is 8.00. The molecular formula is C11H15NO. The molecule has 0 saturated heterocycles. The van der Waals surface area contributed by atoms with Crippen LogP contribution in [-0.4, -0.2) is 10.9 Å². The van der Waals surface area contributed by atoms with Gasteiger partial charge in [0.05, 0.1) is 5.71 Å². The van der Waals surface area contributed by atoms with Gasteiger partial charge in [0.2, 0.25) is 0 Å². The predicted molar refractivity (Wildman–Crippen MR) is 54.5 cm³/mol. The highest BCUT2D eigenvalue weighted by Gasteiger charge is 2.07. The van der Waals surface area contributed by atoms with Crippen LogP contribution >= 0.6 is 0 Å². The number of benzene rings is 1. The highest BCUT2D eigenvalue weighted by atomic mass is 16.4. The van der Waals surface area contributed by atoms with Crippen LogP contribution in [0.15, 0.2) is 29.4 Å². The lowest BCUT2D eigenvalue weighted by Crippen LogP contribution is -2.01. The average Bonchev–Trinajstić information content (AvgIpc) is 2.16. The lowest BCUT2D eigenvalue weighted by atomic mass is 9.95. The summed E-state index contributed by atoms with van der Waals surface area (Å²) >= 11 is 0. The summed E-state index contributed by atoms with van der Waals surface area (Å²) in [5, 5.41) is 11.9. The minimum Gasteiger partial charge on any atom is -0.411 e. The summed E-state index contributed by atoms with van der Waals surface area (Å²) in [5.74, 6) is 0.452.